The van der Waals surface area contributed by atoms with E-state index in [9.17, 15) is 13.2 Å². The van der Waals surface area contributed by atoms with Crippen LogP contribution in [-0.4, -0.2) is 44.4 Å². The molecule has 0 bridgehead atoms. The van der Waals surface area contributed by atoms with Crippen molar-refractivity contribution in [2.45, 2.75) is 46.3 Å². The van der Waals surface area contributed by atoms with Gasteiger partial charge < -0.3 is 4.74 Å². The second kappa shape index (κ2) is 5.99. The van der Waals surface area contributed by atoms with Crippen LogP contribution in [0.5, 0.6) is 0 Å². The van der Waals surface area contributed by atoms with Gasteiger partial charge >= 0.3 is 5.97 Å². The Morgan fingerprint density at radius 1 is 1.22 bits per heavy atom. The molecule has 0 rings (SSSR count). The number of ether oxygens (including phenoxy) is 1. The molecule has 0 fully saturated rings. The lowest BCUT2D eigenvalue weighted by molar-refractivity contribution is -0.158. The van der Waals surface area contributed by atoms with Gasteiger partial charge in [-0.25, -0.2) is 0 Å². The van der Waals surface area contributed by atoms with E-state index in [-0.39, 0.29) is 5.92 Å². The van der Waals surface area contributed by atoms with Gasteiger partial charge in [0, 0.05) is 14.1 Å². The number of rotatable bonds is 5. The third-order valence-electron chi connectivity index (χ3n) is 2.08. The molecule has 7 heteroatoms. The summed E-state index contributed by atoms with van der Waals surface area (Å²) in [6.45, 7) is 8.73. The molecule has 6 nitrogen and oxygen atoms in total. The van der Waals surface area contributed by atoms with E-state index < -0.39 is 27.8 Å². The molecule has 0 unspecified atom stereocenters. The molecule has 1 N–H and O–H groups in total. The zero-order valence-electron chi connectivity index (χ0n) is 12.1. The maximum absolute atomic E-state index is 11.9. The fourth-order valence-electron chi connectivity index (χ4n) is 1.09. The second-order valence-electron chi connectivity index (χ2n) is 5.66. The molecule has 0 aromatic rings. The summed E-state index contributed by atoms with van der Waals surface area (Å²) in [5, 5.41) is 0. The first-order chi connectivity index (χ1) is 7.87. The number of carbonyl (C=O) groups is 1. The number of esters is 1. The maximum Gasteiger partial charge on any atom is 0.325 e. The molecule has 0 saturated carbocycles. The first kappa shape index (κ1) is 17.3. The van der Waals surface area contributed by atoms with Crippen molar-refractivity contribution >= 4 is 16.2 Å². The molecule has 0 aliphatic heterocycles. The van der Waals surface area contributed by atoms with E-state index in [1.807, 2.05) is 0 Å². The van der Waals surface area contributed by atoms with E-state index in [4.69, 9.17) is 4.74 Å². The molecule has 0 spiro atoms. The fourth-order valence-corrected chi connectivity index (χ4v) is 1.99. The van der Waals surface area contributed by atoms with Gasteiger partial charge in [0.25, 0.3) is 10.2 Å². The normalized spacial score (nSPS) is 14.9. The quantitative estimate of drug-likeness (QED) is 0.754. The van der Waals surface area contributed by atoms with E-state index in [1.165, 1.54) is 14.1 Å². The molecule has 0 aliphatic carbocycles. The Kier molecular flexibility index (Phi) is 5.77. The predicted molar refractivity (Wildman–Crippen MR) is 70.2 cm³/mol. The molecular weight excluding hydrogens is 256 g/mol. The monoisotopic (exact) mass is 280 g/mol. The van der Waals surface area contributed by atoms with Crippen molar-refractivity contribution < 1.29 is 17.9 Å². The van der Waals surface area contributed by atoms with E-state index >= 15 is 0 Å². The van der Waals surface area contributed by atoms with Crippen LogP contribution in [0.15, 0.2) is 0 Å². The van der Waals surface area contributed by atoms with Crippen LogP contribution in [0.25, 0.3) is 0 Å². The molecule has 1 atom stereocenters. The van der Waals surface area contributed by atoms with Gasteiger partial charge in [0.2, 0.25) is 0 Å². The lowest BCUT2D eigenvalue weighted by atomic mass is 10.1. The predicted octanol–water partition coefficient (Wildman–Crippen LogP) is 0.749. The van der Waals surface area contributed by atoms with Crippen LogP contribution in [0.2, 0.25) is 0 Å². The van der Waals surface area contributed by atoms with Crippen LogP contribution in [-0.2, 0) is 19.7 Å². The Morgan fingerprint density at radius 3 is 1.94 bits per heavy atom. The van der Waals surface area contributed by atoms with Crippen molar-refractivity contribution in [1.29, 1.82) is 0 Å². The minimum absolute atomic E-state index is 0.199. The van der Waals surface area contributed by atoms with Crippen molar-refractivity contribution in [3.63, 3.8) is 0 Å². The topological polar surface area (TPSA) is 75.7 Å². The highest BCUT2D eigenvalue weighted by Crippen LogP contribution is 2.13. The third kappa shape index (κ3) is 5.79. The van der Waals surface area contributed by atoms with Gasteiger partial charge in [0.1, 0.15) is 11.6 Å². The Bertz CT molecular complexity index is 382. The standard InChI is InChI=1S/C11H24N2O4S/c1-8(2)9(10(14)17-11(3,4)5)12-18(15,16)13(6)7/h8-9,12H,1-7H3/t9-/m0/s1. The highest BCUT2D eigenvalue weighted by atomic mass is 32.2. The summed E-state index contributed by atoms with van der Waals surface area (Å²) < 4.78 is 32.0. The first-order valence-corrected chi connectivity index (χ1v) is 7.23. The molecule has 0 radical (unpaired) electrons. The average Bonchev–Trinajstić information content (AvgIpc) is 2.10. The molecule has 0 saturated heterocycles. The Balaban J connectivity index is 4.96. The minimum atomic E-state index is -3.66. The fraction of sp³-hybridized carbons (Fsp3) is 0.909. The molecule has 0 aliphatic rings. The molecule has 0 aromatic carbocycles. The van der Waals surface area contributed by atoms with E-state index in [0.29, 0.717) is 0 Å². The van der Waals surface area contributed by atoms with E-state index in [2.05, 4.69) is 4.72 Å². The highest BCUT2D eigenvalue weighted by Gasteiger charge is 2.32. The average molecular weight is 280 g/mol. The van der Waals surface area contributed by atoms with Crippen LogP contribution in [0.1, 0.15) is 34.6 Å². The lowest BCUT2D eigenvalue weighted by Gasteiger charge is -2.27. The van der Waals surface area contributed by atoms with Crippen LogP contribution < -0.4 is 4.72 Å². The number of nitrogens with zero attached hydrogens (tertiary/aromatic N) is 1. The van der Waals surface area contributed by atoms with Crippen LogP contribution >= 0.6 is 0 Å². The van der Waals surface area contributed by atoms with Gasteiger partial charge in [0.15, 0.2) is 0 Å². The van der Waals surface area contributed by atoms with Crippen molar-refractivity contribution in [1.82, 2.24) is 9.03 Å². The Morgan fingerprint density at radius 2 is 1.67 bits per heavy atom. The van der Waals surface area contributed by atoms with Gasteiger partial charge in [-0.1, -0.05) is 13.8 Å². The SMILES string of the molecule is CC(C)[C@H](NS(=O)(=O)N(C)C)C(=O)OC(C)(C)C. The summed E-state index contributed by atoms with van der Waals surface area (Å²) >= 11 is 0. The third-order valence-corrected chi connectivity index (χ3v) is 3.60. The van der Waals surface area contributed by atoms with E-state index in [0.717, 1.165) is 4.31 Å². The van der Waals surface area contributed by atoms with E-state index in [1.54, 1.807) is 34.6 Å². The van der Waals surface area contributed by atoms with Gasteiger partial charge in [-0.15, -0.1) is 0 Å². The highest BCUT2D eigenvalue weighted by molar-refractivity contribution is 7.87. The van der Waals surface area contributed by atoms with Gasteiger partial charge in [-0.3, -0.25) is 4.79 Å². The molecule has 0 aromatic heterocycles. The summed E-state index contributed by atoms with van der Waals surface area (Å²) in [6.07, 6.45) is 0. The number of hydrogen-bond donors (Lipinski definition) is 1. The summed E-state index contributed by atoms with van der Waals surface area (Å²) in [5.41, 5.74) is -0.645. The van der Waals surface area contributed by atoms with Crippen molar-refractivity contribution in [2.75, 3.05) is 14.1 Å². The number of nitrogens with one attached hydrogen (secondary N) is 1. The number of carbonyl (C=O) groups excluding carboxylic acids is 1. The molecular formula is C11H24N2O4S. The lowest BCUT2D eigenvalue weighted by Crippen LogP contribution is -2.50. The van der Waals surface area contributed by atoms with Gasteiger partial charge in [-0.2, -0.15) is 17.4 Å². The Labute approximate surface area is 110 Å². The zero-order chi connectivity index (χ0) is 14.7. The smallest absolute Gasteiger partial charge is 0.325 e. The summed E-state index contributed by atoms with van der Waals surface area (Å²) in [6, 6.07) is -0.892. The zero-order valence-corrected chi connectivity index (χ0v) is 13.0. The van der Waals surface area contributed by atoms with Crippen LogP contribution in [0.4, 0.5) is 0 Å². The molecule has 0 amide bonds. The number of hydrogen-bond acceptors (Lipinski definition) is 4. The summed E-state index contributed by atoms with van der Waals surface area (Å²) in [7, 11) is -0.865. The van der Waals surface area contributed by atoms with Gasteiger partial charge in [-0.05, 0) is 26.7 Å². The molecule has 108 valence electrons. The first-order valence-electron chi connectivity index (χ1n) is 5.79. The van der Waals surface area contributed by atoms with Crippen molar-refractivity contribution in [3.8, 4) is 0 Å². The van der Waals surface area contributed by atoms with Crippen molar-refractivity contribution in [2.24, 2.45) is 5.92 Å². The maximum atomic E-state index is 11.9. The van der Waals surface area contributed by atoms with Crippen molar-refractivity contribution in [3.05, 3.63) is 0 Å². The second-order valence-corrected chi connectivity index (χ2v) is 7.58. The van der Waals surface area contributed by atoms with Crippen LogP contribution in [0, 0.1) is 5.92 Å². The largest absolute Gasteiger partial charge is 0.459 e. The summed E-state index contributed by atoms with van der Waals surface area (Å²) in [5.74, 6) is -0.766. The van der Waals surface area contributed by atoms with Crippen LogP contribution in [0.3, 0.4) is 0 Å². The summed E-state index contributed by atoms with van der Waals surface area (Å²) in [4.78, 5) is 11.9. The molecule has 18 heavy (non-hydrogen) atoms. The van der Waals surface area contributed by atoms with Gasteiger partial charge in [0.05, 0.1) is 0 Å². The Hall–Kier alpha value is -0.660. The molecule has 0 heterocycles. The minimum Gasteiger partial charge on any atom is -0.459 e.